The lowest BCUT2D eigenvalue weighted by molar-refractivity contribution is -0.117. The summed E-state index contributed by atoms with van der Waals surface area (Å²) in [6.07, 6.45) is 2.44. The van der Waals surface area contributed by atoms with Gasteiger partial charge in [0.25, 0.3) is 0 Å². The average molecular weight is 375 g/mol. The van der Waals surface area contributed by atoms with Crippen LogP contribution in [-0.4, -0.2) is 30.4 Å². The van der Waals surface area contributed by atoms with Crippen LogP contribution in [-0.2, 0) is 4.79 Å². The lowest BCUT2D eigenvalue weighted by Crippen LogP contribution is -2.39. The highest BCUT2D eigenvalue weighted by molar-refractivity contribution is 7.99. The topological polar surface area (TPSA) is 32.3 Å². The van der Waals surface area contributed by atoms with Crippen LogP contribution in [0.3, 0.4) is 0 Å². The Labute approximate surface area is 158 Å². The molecule has 2 aromatic rings. The molecule has 1 amide bonds. The van der Waals surface area contributed by atoms with Crippen LogP contribution in [0.2, 0.25) is 5.02 Å². The zero-order chi connectivity index (χ0) is 17.6. The quantitative estimate of drug-likeness (QED) is 0.784. The van der Waals surface area contributed by atoms with Crippen molar-refractivity contribution in [3.05, 3.63) is 53.6 Å². The van der Waals surface area contributed by atoms with Crippen molar-refractivity contribution < 1.29 is 4.79 Å². The van der Waals surface area contributed by atoms with E-state index in [9.17, 15) is 4.79 Å². The van der Waals surface area contributed by atoms with Gasteiger partial charge in [-0.15, -0.1) is 0 Å². The Balaban J connectivity index is 1.64. The molecule has 0 bridgehead atoms. The highest BCUT2D eigenvalue weighted by Gasteiger charge is 2.19. The van der Waals surface area contributed by atoms with Crippen LogP contribution in [0.1, 0.15) is 19.8 Å². The lowest BCUT2D eigenvalue weighted by Gasteiger charge is -2.30. The van der Waals surface area contributed by atoms with Gasteiger partial charge in [-0.1, -0.05) is 42.4 Å². The average Bonchev–Trinajstić information content (AvgIpc) is 2.58. The highest BCUT2D eigenvalue weighted by Crippen LogP contribution is 2.33. The van der Waals surface area contributed by atoms with Crippen molar-refractivity contribution in [3.63, 3.8) is 0 Å². The second kappa shape index (κ2) is 8.75. The van der Waals surface area contributed by atoms with Gasteiger partial charge in [0.2, 0.25) is 5.91 Å². The number of carbonyl (C=O) groups excluding carboxylic acids is 1. The molecule has 1 fully saturated rings. The van der Waals surface area contributed by atoms with E-state index in [2.05, 4.69) is 17.1 Å². The van der Waals surface area contributed by atoms with E-state index in [1.54, 1.807) is 11.8 Å². The number of likely N-dealkylation sites (tertiary alicyclic amines) is 1. The first-order valence-electron chi connectivity index (χ1n) is 8.65. The SMILES string of the molecule is C[C@H]1CCCN(CC(=O)Nc2ccccc2Sc2ccc(Cl)cc2)C1. The Hall–Kier alpha value is -1.49. The summed E-state index contributed by atoms with van der Waals surface area (Å²) in [6.45, 7) is 4.74. The summed E-state index contributed by atoms with van der Waals surface area (Å²) in [5.41, 5.74) is 0.859. The van der Waals surface area contributed by atoms with Crippen molar-refractivity contribution in [3.8, 4) is 0 Å². The number of rotatable bonds is 5. The first kappa shape index (κ1) is 18.3. The van der Waals surface area contributed by atoms with Gasteiger partial charge >= 0.3 is 0 Å². The molecule has 1 N–H and O–H groups in total. The third-order valence-corrected chi connectivity index (χ3v) is 5.65. The summed E-state index contributed by atoms with van der Waals surface area (Å²) < 4.78 is 0. The van der Waals surface area contributed by atoms with Gasteiger partial charge in [0.1, 0.15) is 0 Å². The van der Waals surface area contributed by atoms with Crippen LogP contribution < -0.4 is 5.32 Å². The van der Waals surface area contributed by atoms with Crippen LogP contribution in [0, 0.1) is 5.92 Å². The number of anilines is 1. The zero-order valence-electron chi connectivity index (χ0n) is 14.4. The molecule has 0 aromatic heterocycles. The molecule has 2 aromatic carbocycles. The highest BCUT2D eigenvalue weighted by atomic mass is 35.5. The number of hydrogen-bond donors (Lipinski definition) is 1. The van der Waals surface area contributed by atoms with Crippen molar-refractivity contribution >= 4 is 35.0 Å². The maximum atomic E-state index is 12.5. The van der Waals surface area contributed by atoms with E-state index in [0.29, 0.717) is 12.5 Å². The van der Waals surface area contributed by atoms with E-state index in [0.717, 1.165) is 33.6 Å². The number of hydrogen-bond acceptors (Lipinski definition) is 3. The number of piperidine rings is 1. The molecule has 1 heterocycles. The maximum absolute atomic E-state index is 12.5. The number of halogens is 1. The predicted molar refractivity (Wildman–Crippen MR) is 105 cm³/mol. The summed E-state index contributed by atoms with van der Waals surface area (Å²) in [7, 11) is 0. The van der Waals surface area contributed by atoms with Crippen LogP contribution in [0.5, 0.6) is 0 Å². The molecule has 132 valence electrons. The van der Waals surface area contributed by atoms with Gasteiger partial charge in [0, 0.05) is 21.4 Å². The second-order valence-electron chi connectivity index (χ2n) is 6.58. The molecule has 3 rings (SSSR count). The van der Waals surface area contributed by atoms with Gasteiger partial charge < -0.3 is 5.32 Å². The fourth-order valence-electron chi connectivity index (χ4n) is 3.11. The number of para-hydroxylation sites is 1. The summed E-state index contributed by atoms with van der Waals surface area (Å²) in [6, 6.07) is 15.6. The summed E-state index contributed by atoms with van der Waals surface area (Å²) in [4.78, 5) is 16.8. The van der Waals surface area contributed by atoms with Gasteiger partial charge in [-0.3, -0.25) is 9.69 Å². The van der Waals surface area contributed by atoms with Crippen molar-refractivity contribution in [1.82, 2.24) is 4.90 Å². The Morgan fingerprint density at radius 3 is 2.76 bits per heavy atom. The largest absolute Gasteiger partial charge is 0.324 e. The predicted octanol–water partition coefficient (Wildman–Crippen LogP) is 5.16. The third kappa shape index (κ3) is 5.50. The zero-order valence-corrected chi connectivity index (χ0v) is 15.9. The normalized spacial score (nSPS) is 18.1. The first-order chi connectivity index (χ1) is 12.1. The Bertz CT molecular complexity index is 720. The van der Waals surface area contributed by atoms with E-state index in [1.807, 2.05) is 48.5 Å². The van der Waals surface area contributed by atoms with Crippen molar-refractivity contribution in [2.24, 2.45) is 5.92 Å². The monoisotopic (exact) mass is 374 g/mol. The van der Waals surface area contributed by atoms with E-state index in [4.69, 9.17) is 11.6 Å². The van der Waals surface area contributed by atoms with Crippen molar-refractivity contribution in [1.29, 1.82) is 0 Å². The maximum Gasteiger partial charge on any atom is 0.238 e. The second-order valence-corrected chi connectivity index (χ2v) is 8.13. The summed E-state index contributed by atoms with van der Waals surface area (Å²) >= 11 is 7.57. The van der Waals surface area contributed by atoms with Crippen LogP contribution in [0.25, 0.3) is 0 Å². The number of amides is 1. The van der Waals surface area contributed by atoms with Crippen LogP contribution in [0.4, 0.5) is 5.69 Å². The summed E-state index contributed by atoms with van der Waals surface area (Å²) in [5.74, 6) is 0.729. The summed E-state index contributed by atoms with van der Waals surface area (Å²) in [5, 5.41) is 3.80. The molecule has 0 radical (unpaired) electrons. The van der Waals surface area contributed by atoms with Gasteiger partial charge in [0.15, 0.2) is 0 Å². The number of benzene rings is 2. The van der Waals surface area contributed by atoms with Gasteiger partial charge in [-0.05, 0) is 61.7 Å². The molecule has 1 aliphatic rings. The van der Waals surface area contributed by atoms with Crippen LogP contribution >= 0.6 is 23.4 Å². The van der Waals surface area contributed by atoms with Crippen LogP contribution in [0.15, 0.2) is 58.3 Å². The van der Waals surface area contributed by atoms with Crippen molar-refractivity contribution in [2.45, 2.75) is 29.6 Å². The van der Waals surface area contributed by atoms with E-state index in [-0.39, 0.29) is 5.91 Å². The smallest absolute Gasteiger partial charge is 0.238 e. The molecular weight excluding hydrogens is 352 g/mol. The number of carbonyl (C=O) groups is 1. The molecular formula is C20H23ClN2OS. The first-order valence-corrected chi connectivity index (χ1v) is 9.84. The van der Waals surface area contributed by atoms with Crippen molar-refractivity contribution in [2.75, 3.05) is 25.0 Å². The molecule has 0 saturated carbocycles. The Kier molecular flexibility index (Phi) is 6.40. The van der Waals surface area contributed by atoms with Gasteiger partial charge in [-0.2, -0.15) is 0 Å². The fraction of sp³-hybridized carbons (Fsp3) is 0.350. The molecule has 1 atom stereocenters. The molecule has 5 heteroatoms. The lowest BCUT2D eigenvalue weighted by atomic mass is 10.0. The van der Waals surface area contributed by atoms with E-state index in [1.165, 1.54) is 12.8 Å². The minimum atomic E-state index is 0.0539. The third-order valence-electron chi connectivity index (χ3n) is 4.31. The molecule has 1 saturated heterocycles. The van der Waals surface area contributed by atoms with E-state index < -0.39 is 0 Å². The van der Waals surface area contributed by atoms with Gasteiger partial charge in [0.05, 0.1) is 12.2 Å². The number of nitrogens with one attached hydrogen (secondary N) is 1. The molecule has 1 aliphatic heterocycles. The minimum absolute atomic E-state index is 0.0539. The number of nitrogens with zero attached hydrogens (tertiary/aromatic N) is 1. The standard InChI is InChI=1S/C20H23ClN2OS/c1-15-5-4-12-23(13-15)14-20(24)22-18-6-2-3-7-19(18)25-17-10-8-16(21)9-11-17/h2-3,6-11,15H,4-5,12-14H2,1H3,(H,22,24)/t15-/m0/s1. The fourth-order valence-corrected chi connectivity index (χ4v) is 4.14. The molecule has 25 heavy (non-hydrogen) atoms. The molecule has 0 spiro atoms. The van der Waals surface area contributed by atoms with Gasteiger partial charge in [-0.25, -0.2) is 0 Å². The Morgan fingerprint density at radius 1 is 1.24 bits per heavy atom. The van der Waals surface area contributed by atoms with E-state index >= 15 is 0 Å². The molecule has 0 unspecified atom stereocenters. The minimum Gasteiger partial charge on any atom is -0.324 e. The molecule has 0 aliphatic carbocycles. The Morgan fingerprint density at radius 2 is 2.00 bits per heavy atom. The molecule has 3 nitrogen and oxygen atoms in total.